The number of carbonyl (C=O) groups excluding carboxylic acids is 1. The van der Waals surface area contributed by atoms with Crippen LogP contribution >= 0.6 is 22.7 Å². The van der Waals surface area contributed by atoms with Crippen LogP contribution in [0, 0.1) is 0 Å². The lowest BCUT2D eigenvalue weighted by Gasteiger charge is -2.19. The lowest BCUT2D eigenvalue weighted by atomic mass is 10.1. The van der Waals surface area contributed by atoms with Gasteiger partial charge in [-0.25, -0.2) is 9.59 Å². The lowest BCUT2D eigenvalue weighted by molar-refractivity contribution is 0.00723. The number of esters is 1. The summed E-state index contributed by atoms with van der Waals surface area (Å²) in [4.78, 5) is 23.1. The number of thiophene rings is 2. The fourth-order valence-electron chi connectivity index (χ4n) is 1.49. The highest BCUT2D eigenvalue weighted by atomic mass is 32.2. The predicted molar refractivity (Wildman–Crippen MR) is 71.8 cm³/mol. The Morgan fingerprint density at radius 2 is 1.72 bits per heavy atom. The number of hydrogen-bond donors (Lipinski definition) is 1. The van der Waals surface area contributed by atoms with Gasteiger partial charge in [-0.05, 0) is 20.8 Å². The zero-order chi connectivity index (χ0) is 13.5. The number of carboxylic acids is 1. The maximum absolute atomic E-state index is 12.0. The van der Waals surface area contributed by atoms with E-state index in [9.17, 15) is 9.59 Å². The van der Waals surface area contributed by atoms with Crippen LogP contribution in [0.4, 0.5) is 0 Å². The van der Waals surface area contributed by atoms with Crippen molar-refractivity contribution in [3.8, 4) is 0 Å². The van der Waals surface area contributed by atoms with Crippen molar-refractivity contribution in [1.29, 1.82) is 0 Å². The lowest BCUT2D eigenvalue weighted by Crippen LogP contribution is -2.23. The van der Waals surface area contributed by atoms with Gasteiger partial charge in [-0.3, -0.25) is 0 Å². The molecule has 4 nitrogen and oxygen atoms in total. The SMILES string of the molecule is CC(C)(C)OC(=O)c1csc2scc(C(=O)O)c12. The minimum absolute atomic E-state index is 0.164. The third-order valence-electron chi connectivity index (χ3n) is 2.16. The number of carbonyl (C=O) groups is 2. The first-order valence-electron chi connectivity index (χ1n) is 5.25. The summed E-state index contributed by atoms with van der Waals surface area (Å²) < 4.78 is 6.10. The monoisotopic (exact) mass is 284 g/mol. The van der Waals surface area contributed by atoms with Crippen LogP contribution in [-0.4, -0.2) is 22.6 Å². The van der Waals surface area contributed by atoms with Crippen molar-refractivity contribution in [3.05, 3.63) is 21.9 Å². The van der Waals surface area contributed by atoms with E-state index in [1.54, 1.807) is 31.5 Å². The molecule has 2 heterocycles. The molecule has 0 spiro atoms. The number of hydrogen-bond acceptors (Lipinski definition) is 5. The highest BCUT2D eigenvalue weighted by Gasteiger charge is 2.24. The number of rotatable bonds is 2. The molecule has 0 unspecified atom stereocenters. The molecule has 0 atom stereocenters. The number of fused-ring (bicyclic) bond motifs is 1. The van der Waals surface area contributed by atoms with Gasteiger partial charge in [-0.15, -0.1) is 22.7 Å². The Hall–Kier alpha value is -1.40. The zero-order valence-corrected chi connectivity index (χ0v) is 11.8. The molecule has 0 aliphatic heterocycles. The molecule has 6 heteroatoms. The minimum atomic E-state index is -1.02. The van der Waals surface area contributed by atoms with Crippen molar-refractivity contribution < 1.29 is 19.4 Å². The largest absolute Gasteiger partial charge is 0.478 e. The van der Waals surface area contributed by atoms with E-state index in [1.165, 1.54) is 22.7 Å². The van der Waals surface area contributed by atoms with Crippen LogP contribution < -0.4 is 0 Å². The number of ether oxygens (including phenoxy) is 1. The van der Waals surface area contributed by atoms with Crippen LogP contribution in [0.3, 0.4) is 0 Å². The molecule has 0 saturated heterocycles. The Kier molecular flexibility index (Phi) is 3.16. The second kappa shape index (κ2) is 4.37. The first-order valence-corrected chi connectivity index (χ1v) is 7.01. The van der Waals surface area contributed by atoms with E-state index < -0.39 is 17.5 Å². The molecule has 1 N–H and O–H groups in total. The Balaban J connectivity index is 2.48. The van der Waals surface area contributed by atoms with Gasteiger partial charge in [0.1, 0.15) is 5.60 Å². The van der Waals surface area contributed by atoms with Crippen molar-refractivity contribution in [3.63, 3.8) is 0 Å². The average Bonchev–Trinajstić information content (AvgIpc) is 2.71. The summed E-state index contributed by atoms with van der Waals surface area (Å²) in [5.74, 6) is -1.50. The van der Waals surface area contributed by atoms with Gasteiger partial charge in [0, 0.05) is 16.1 Å². The van der Waals surface area contributed by atoms with Gasteiger partial charge in [0.2, 0.25) is 0 Å². The van der Waals surface area contributed by atoms with Crippen LogP contribution in [0.1, 0.15) is 41.5 Å². The fraction of sp³-hybridized carbons (Fsp3) is 0.333. The molecule has 0 aliphatic carbocycles. The molecule has 0 aromatic carbocycles. The van der Waals surface area contributed by atoms with E-state index in [1.807, 2.05) is 0 Å². The van der Waals surface area contributed by atoms with Crippen molar-refractivity contribution in [2.24, 2.45) is 0 Å². The van der Waals surface area contributed by atoms with Crippen LogP contribution in [0.5, 0.6) is 0 Å². The van der Waals surface area contributed by atoms with Gasteiger partial charge < -0.3 is 9.84 Å². The number of aromatic carboxylic acids is 1. The van der Waals surface area contributed by atoms with Gasteiger partial charge in [0.05, 0.1) is 15.1 Å². The Morgan fingerprint density at radius 3 is 2.22 bits per heavy atom. The first-order chi connectivity index (χ1) is 8.29. The maximum Gasteiger partial charge on any atom is 0.340 e. The summed E-state index contributed by atoms with van der Waals surface area (Å²) in [7, 11) is 0. The van der Waals surface area contributed by atoms with E-state index in [4.69, 9.17) is 9.84 Å². The molecule has 0 radical (unpaired) electrons. The van der Waals surface area contributed by atoms with Gasteiger partial charge in [-0.1, -0.05) is 0 Å². The third kappa shape index (κ3) is 2.39. The second-order valence-corrected chi connectivity index (χ2v) is 6.79. The Morgan fingerprint density at radius 1 is 1.17 bits per heavy atom. The average molecular weight is 284 g/mol. The third-order valence-corrected chi connectivity index (χ3v) is 4.28. The quantitative estimate of drug-likeness (QED) is 0.855. The fourth-order valence-corrected chi connectivity index (χ4v) is 3.56. The van der Waals surface area contributed by atoms with Crippen molar-refractivity contribution in [2.45, 2.75) is 26.4 Å². The second-order valence-electron chi connectivity index (χ2n) is 4.77. The zero-order valence-electron chi connectivity index (χ0n) is 10.1. The van der Waals surface area contributed by atoms with E-state index >= 15 is 0 Å². The summed E-state index contributed by atoms with van der Waals surface area (Å²) in [6.45, 7) is 5.33. The maximum atomic E-state index is 12.0. The molecule has 0 aliphatic rings. The van der Waals surface area contributed by atoms with Crippen LogP contribution in [0.25, 0.3) is 9.40 Å². The van der Waals surface area contributed by atoms with E-state index in [-0.39, 0.29) is 5.56 Å². The van der Waals surface area contributed by atoms with E-state index in [2.05, 4.69) is 0 Å². The number of carboxylic acid groups (broad SMARTS) is 1. The molecule has 0 saturated carbocycles. The highest BCUT2D eigenvalue weighted by molar-refractivity contribution is 7.37. The predicted octanol–water partition coefficient (Wildman–Crippen LogP) is 3.62. The van der Waals surface area contributed by atoms with Crippen molar-refractivity contribution in [2.75, 3.05) is 0 Å². The van der Waals surface area contributed by atoms with Crippen LogP contribution in [0.15, 0.2) is 10.8 Å². The highest BCUT2D eigenvalue weighted by Crippen LogP contribution is 2.35. The molecule has 0 amide bonds. The smallest absolute Gasteiger partial charge is 0.340 e. The van der Waals surface area contributed by atoms with Crippen molar-refractivity contribution >= 4 is 44.0 Å². The molecule has 18 heavy (non-hydrogen) atoms. The normalized spacial score (nSPS) is 11.7. The molecule has 0 fully saturated rings. The first kappa shape index (κ1) is 13.0. The summed E-state index contributed by atoms with van der Waals surface area (Å²) in [5, 5.41) is 12.8. The molecular formula is C12H12O4S2. The topological polar surface area (TPSA) is 63.6 Å². The van der Waals surface area contributed by atoms with Gasteiger partial charge in [-0.2, -0.15) is 0 Å². The molecule has 0 bridgehead atoms. The van der Waals surface area contributed by atoms with Gasteiger partial charge >= 0.3 is 11.9 Å². The van der Waals surface area contributed by atoms with E-state index in [0.29, 0.717) is 10.9 Å². The summed E-state index contributed by atoms with van der Waals surface area (Å²) in [6, 6.07) is 0. The molecule has 96 valence electrons. The van der Waals surface area contributed by atoms with E-state index in [0.717, 1.165) is 4.01 Å². The van der Waals surface area contributed by atoms with Gasteiger partial charge in [0.25, 0.3) is 0 Å². The summed E-state index contributed by atoms with van der Waals surface area (Å²) in [5.41, 5.74) is -0.0919. The van der Waals surface area contributed by atoms with Crippen LogP contribution in [0.2, 0.25) is 0 Å². The molecule has 2 rings (SSSR count). The minimum Gasteiger partial charge on any atom is -0.478 e. The molecule has 2 aromatic heterocycles. The van der Waals surface area contributed by atoms with Crippen LogP contribution in [-0.2, 0) is 4.74 Å². The molecule has 2 aromatic rings. The summed E-state index contributed by atoms with van der Waals surface area (Å²) >= 11 is 2.69. The van der Waals surface area contributed by atoms with Crippen molar-refractivity contribution in [1.82, 2.24) is 0 Å². The Labute approximate surface area is 112 Å². The summed E-state index contributed by atoms with van der Waals surface area (Å²) in [6.07, 6.45) is 0. The van der Waals surface area contributed by atoms with Gasteiger partial charge in [0.15, 0.2) is 0 Å². The Bertz CT molecular complexity index is 616. The molecular weight excluding hydrogens is 272 g/mol. The standard InChI is InChI=1S/C12H12O4S2/c1-12(2,3)16-10(15)7-5-18-11-8(7)6(4-17-11)9(13)14/h4-5H,1-3H3,(H,13,14).